The van der Waals surface area contributed by atoms with E-state index in [4.69, 9.17) is 29.3 Å². The lowest BCUT2D eigenvalue weighted by Crippen LogP contribution is -2.14. The molecule has 6 nitrogen and oxygen atoms in total. The predicted octanol–water partition coefficient (Wildman–Crippen LogP) is 17.4. The fourth-order valence-corrected chi connectivity index (χ4v) is 10.9. The standard InChI is InChI=1S/C68H45N5O/c1-68(2)57-28-12-11-26-54(57)63-55(27-15-29-58(63)68)67-72-65(45-32-30-43(31-33-45)42-16-5-3-6-17-42)71-66(73-67)52-25-14-23-47(37-52)46-22-13-24-50(36-46)59-41-60(70-64(69-59)44-18-7-4-8-19-44)51-34-35-53-56-38-48-20-9-10-21-49(48)39-62(56)74-61(53)40-51/h3-41H,1-2H3. The lowest BCUT2D eigenvalue weighted by Gasteiger charge is -2.21. The minimum absolute atomic E-state index is 0.173. The summed E-state index contributed by atoms with van der Waals surface area (Å²) in [5, 5.41) is 4.50. The van der Waals surface area contributed by atoms with Crippen molar-refractivity contribution in [2.75, 3.05) is 0 Å². The van der Waals surface area contributed by atoms with E-state index in [2.05, 4.69) is 226 Å². The molecule has 0 bridgehead atoms. The number of benzene rings is 10. The minimum atomic E-state index is -0.173. The first-order valence-electron chi connectivity index (χ1n) is 25.0. The lowest BCUT2D eigenvalue weighted by molar-refractivity contribution is 0.660. The second-order valence-electron chi connectivity index (χ2n) is 19.6. The molecule has 3 aromatic heterocycles. The Kier molecular flexibility index (Phi) is 10.1. The highest BCUT2D eigenvalue weighted by Crippen LogP contribution is 2.52. The third kappa shape index (κ3) is 7.46. The molecule has 0 fully saturated rings. The summed E-state index contributed by atoms with van der Waals surface area (Å²) in [5.41, 5.74) is 18.1. The van der Waals surface area contributed by atoms with Crippen LogP contribution >= 0.6 is 0 Å². The van der Waals surface area contributed by atoms with E-state index in [-0.39, 0.29) is 5.41 Å². The molecule has 0 atom stereocenters. The van der Waals surface area contributed by atoms with Gasteiger partial charge in [0.1, 0.15) is 11.2 Å². The van der Waals surface area contributed by atoms with Gasteiger partial charge < -0.3 is 4.42 Å². The third-order valence-corrected chi connectivity index (χ3v) is 14.7. The molecule has 10 aromatic carbocycles. The fraction of sp³-hybridized carbons (Fsp3) is 0.0441. The largest absolute Gasteiger partial charge is 0.456 e. The van der Waals surface area contributed by atoms with Gasteiger partial charge in [0.25, 0.3) is 0 Å². The molecular weight excluding hydrogens is 903 g/mol. The number of fused-ring (bicyclic) bond motifs is 7. The predicted molar refractivity (Wildman–Crippen MR) is 301 cm³/mol. The second-order valence-corrected chi connectivity index (χ2v) is 19.6. The zero-order valence-corrected chi connectivity index (χ0v) is 40.7. The van der Waals surface area contributed by atoms with Gasteiger partial charge in [-0.15, -0.1) is 0 Å². The summed E-state index contributed by atoms with van der Waals surface area (Å²) in [6, 6.07) is 82.6. The van der Waals surface area contributed by atoms with Crippen molar-refractivity contribution in [3.63, 3.8) is 0 Å². The van der Waals surface area contributed by atoms with Crippen LogP contribution in [0.5, 0.6) is 0 Å². The molecule has 0 spiro atoms. The first-order valence-corrected chi connectivity index (χ1v) is 25.0. The van der Waals surface area contributed by atoms with Crippen molar-refractivity contribution in [2.24, 2.45) is 0 Å². The second kappa shape index (κ2) is 17.3. The smallest absolute Gasteiger partial charge is 0.164 e. The molecule has 1 aliphatic carbocycles. The van der Waals surface area contributed by atoms with E-state index in [0.717, 1.165) is 94.3 Å². The van der Waals surface area contributed by atoms with E-state index < -0.39 is 0 Å². The van der Waals surface area contributed by atoms with Gasteiger partial charge in [-0.05, 0) is 97.7 Å². The van der Waals surface area contributed by atoms with Crippen molar-refractivity contribution >= 4 is 32.7 Å². The number of hydrogen-bond acceptors (Lipinski definition) is 6. The molecule has 14 rings (SSSR count). The van der Waals surface area contributed by atoms with Gasteiger partial charge in [0.15, 0.2) is 23.3 Å². The lowest BCUT2D eigenvalue weighted by atomic mass is 9.82. The summed E-state index contributed by atoms with van der Waals surface area (Å²) in [4.78, 5) is 26.2. The SMILES string of the molecule is CC1(C)c2ccccc2-c2c(-c3nc(-c4ccc(-c5ccccc5)cc4)nc(-c4cccc(-c5cccc(-c6cc(-c7ccc8c(c7)oc7cc9ccccc9cc78)nc(-c7ccccc7)n6)c5)c4)n3)cccc21. The summed E-state index contributed by atoms with van der Waals surface area (Å²) in [7, 11) is 0. The Balaban J connectivity index is 0.867. The monoisotopic (exact) mass is 947 g/mol. The minimum Gasteiger partial charge on any atom is -0.456 e. The van der Waals surface area contributed by atoms with Crippen LogP contribution in [-0.2, 0) is 5.41 Å². The van der Waals surface area contributed by atoms with Crippen LogP contribution in [0.2, 0.25) is 0 Å². The van der Waals surface area contributed by atoms with E-state index >= 15 is 0 Å². The van der Waals surface area contributed by atoms with E-state index in [1.54, 1.807) is 0 Å². The Morgan fingerprint density at radius 2 is 0.770 bits per heavy atom. The van der Waals surface area contributed by atoms with Crippen molar-refractivity contribution in [3.05, 3.63) is 248 Å². The van der Waals surface area contributed by atoms with Crippen LogP contribution in [0, 0.1) is 0 Å². The molecule has 3 heterocycles. The molecule has 348 valence electrons. The average Bonchev–Trinajstić information content (AvgIpc) is 3.94. The van der Waals surface area contributed by atoms with Crippen molar-refractivity contribution in [1.29, 1.82) is 0 Å². The Morgan fingerprint density at radius 1 is 0.297 bits per heavy atom. The molecular formula is C68H45N5O. The number of hydrogen-bond donors (Lipinski definition) is 0. The molecule has 74 heavy (non-hydrogen) atoms. The van der Waals surface area contributed by atoms with Gasteiger partial charge in [-0.2, -0.15) is 0 Å². The van der Waals surface area contributed by atoms with Gasteiger partial charge >= 0.3 is 0 Å². The highest BCUT2D eigenvalue weighted by atomic mass is 16.3. The molecule has 1 aliphatic rings. The van der Waals surface area contributed by atoms with Crippen LogP contribution in [-0.4, -0.2) is 24.9 Å². The van der Waals surface area contributed by atoms with Crippen molar-refractivity contribution in [2.45, 2.75) is 19.3 Å². The molecule has 0 saturated heterocycles. The number of aromatic nitrogens is 5. The van der Waals surface area contributed by atoms with E-state index in [9.17, 15) is 0 Å². The fourth-order valence-electron chi connectivity index (χ4n) is 10.9. The maximum atomic E-state index is 6.52. The topological polar surface area (TPSA) is 77.6 Å². The van der Waals surface area contributed by atoms with Gasteiger partial charge in [-0.1, -0.05) is 208 Å². The Hall–Kier alpha value is -9.65. The molecule has 0 amide bonds. The van der Waals surface area contributed by atoms with Gasteiger partial charge in [-0.3, -0.25) is 0 Å². The third-order valence-electron chi connectivity index (χ3n) is 14.7. The van der Waals surface area contributed by atoms with Gasteiger partial charge in [0, 0.05) is 49.6 Å². The van der Waals surface area contributed by atoms with Gasteiger partial charge in [0.2, 0.25) is 0 Å². The van der Waals surface area contributed by atoms with Crippen LogP contribution in [0.25, 0.3) is 134 Å². The summed E-state index contributed by atoms with van der Waals surface area (Å²) >= 11 is 0. The van der Waals surface area contributed by atoms with Crippen molar-refractivity contribution in [3.8, 4) is 101 Å². The number of furan rings is 1. The Bertz CT molecular complexity index is 4330. The van der Waals surface area contributed by atoms with Crippen LogP contribution in [0.15, 0.2) is 241 Å². The Labute approximate surface area is 428 Å². The number of rotatable bonds is 8. The van der Waals surface area contributed by atoms with E-state index in [1.165, 1.54) is 27.6 Å². The van der Waals surface area contributed by atoms with Crippen LogP contribution in [0.4, 0.5) is 0 Å². The molecule has 6 heteroatoms. The summed E-state index contributed by atoms with van der Waals surface area (Å²) in [6.45, 7) is 4.60. The zero-order chi connectivity index (χ0) is 49.3. The van der Waals surface area contributed by atoms with E-state index in [1.807, 2.05) is 24.3 Å². The quantitative estimate of drug-likeness (QED) is 0.151. The highest BCUT2D eigenvalue weighted by Gasteiger charge is 2.37. The zero-order valence-electron chi connectivity index (χ0n) is 40.7. The van der Waals surface area contributed by atoms with Crippen LogP contribution in [0.1, 0.15) is 25.0 Å². The van der Waals surface area contributed by atoms with Crippen molar-refractivity contribution in [1.82, 2.24) is 24.9 Å². The summed E-state index contributed by atoms with van der Waals surface area (Å²) < 4.78 is 6.52. The molecule has 0 radical (unpaired) electrons. The first-order chi connectivity index (χ1) is 36.4. The van der Waals surface area contributed by atoms with Gasteiger partial charge in [0.05, 0.1) is 11.4 Å². The maximum Gasteiger partial charge on any atom is 0.164 e. The van der Waals surface area contributed by atoms with Gasteiger partial charge in [-0.25, -0.2) is 24.9 Å². The Morgan fingerprint density at radius 3 is 1.53 bits per heavy atom. The maximum absolute atomic E-state index is 6.52. The summed E-state index contributed by atoms with van der Waals surface area (Å²) in [6.07, 6.45) is 0. The molecule has 0 saturated carbocycles. The molecule has 0 unspecified atom stereocenters. The average molecular weight is 948 g/mol. The van der Waals surface area contributed by atoms with Crippen molar-refractivity contribution < 1.29 is 4.42 Å². The van der Waals surface area contributed by atoms with Crippen LogP contribution < -0.4 is 0 Å². The highest BCUT2D eigenvalue weighted by molar-refractivity contribution is 6.10. The van der Waals surface area contributed by atoms with Crippen LogP contribution in [0.3, 0.4) is 0 Å². The normalized spacial score (nSPS) is 12.6. The first kappa shape index (κ1) is 43.2. The molecule has 0 aliphatic heterocycles. The molecule has 13 aromatic rings. The number of nitrogens with zero attached hydrogens (tertiary/aromatic N) is 5. The summed E-state index contributed by atoms with van der Waals surface area (Å²) in [5.74, 6) is 2.49. The molecule has 0 N–H and O–H groups in total. The van der Waals surface area contributed by atoms with E-state index in [0.29, 0.717) is 23.3 Å².